The van der Waals surface area contributed by atoms with Crippen LogP contribution in [0.1, 0.15) is 42.5 Å². The Balaban J connectivity index is 2.21. The highest BCUT2D eigenvalue weighted by molar-refractivity contribution is 5.98. The zero-order valence-electron chi connectivity index (χ0n) is 12.3. The first kappa shape index (κ1) is 14.7. The molecule has 0 saturated heterocycles. The Kier molecular flexibility index (Phi) is 4.54. The number of nitrogens with two attached hydrogens (primary N) is 1. The molecule has 0 aromatic carbocycles. The molecule has 1 fully saturated rings. The molecular formula is C14H22N4O2. The second kappa shape index (κ2) is 6.17. The molecule has 1 aliphatic rings. The van der Waals surface area contributed by atoms with Crippen LogP contribution in [0.15, 0.2) is 0 Å². The minimum Gasteiger partial charge on any atom is -0.473 e. The van der Waals surface area contributed by atoms with Crippen LogP contribution in [0.4, 0.5) is 0 Å². The van der Waals surface area contributed by atoms with Gasteiger partial charge in [-0.25, -0.2) is 0 Å². The lowest BCUT2D eigenvalue weighted by molar-refractivity contribution is 0.0191. The lowest BCUT2D eigenvalue weighted by atomic mass is 9.95. The second-order valence-electron chi connectivity index (χ2n) is 5.27. The highest BCUT2D eigenvalue weighted by Crippen LogP contribution is 2.27. The second-order valence-corrected chi connectivity index (χ2v) is 5.27. The first-order valence-corrected chi connectivity index (χ1v) is 6.90. The van der Waals surface area contributed by atoms with Gasteiger partial charge in [0.25, 0.3) is 0 Å². The molecule has 1 heterocycles. The fourth-order valence-electron chi connectivity index (χ4n) is 2.57. The van der Waals surface area contributed by atoms with Gasteiger partial charge in [-0.3, -0.25) is 5.41 Å². The SMILES string of the molecule is COC1CCCC(Oc2nnc(C)c(C)c2C(=N)N)C1. The van der Waals surface area contributed by atoms with Gasteiger partial charge in [-0.2, -0.15) is 5.10 Å². The molecule has 0 amide bonds. The zero-order chi connectivity index (χ0) is 14.7. The lowest BCUT2D eigenvalue weighted by Crippen LogP contribution is -2.31. The van der Waals surface area contributed by atoms with Crippen molar-refractivity contribution >= 4 is 5.84 Å². The van der Waals surface area contributed by atoms with Crippen molar-refractivity contribution in [2.24, 2.45) is 5.73 Å². The normalized spacial score (nSPS) is 22.6. The molecule has 0 spiro atoms. The smallest absolute Gasteiger partial charge is 0.245 e. The summed E-state index contributed by atoms with van der Waals surface area (Å²) < 4.78 is 11.3. The van der Waals surface area contributed by atoms with Gasteiger partial charge in [0, 0.05) is 13.5 Å². The molecule has 6 heteroatoms. The Bertz CT molecular complexity index is 504. The van der Waals surface area contributed by atoms with Crippen LogP contribution in [0.25, 0.3) is 0 Å². The molecule has 110 valence electrons. The lowest BCUT2D eigenvalue weighted by Gasteiger charge is -2.28. The molecule has 1 aromatic heterocycles. The number of ether oxygens (including phenoxy) is 2. The van der Waals surface area contributed by atoms with Crippen molar-refractivity contribution < 1.29 is 9.47 Å². The highest BCUT2D eigenvalue weighted by atomic mass is 16.5. The van der Waals surface area contributed by atoms with Gasteiger partial charge in [0.1, 0.15) is 11.9 Å². The van der Waals surface area contributed by atoms with Gasteiger partial charge in [0.2, 0.25) is 5.88 Å². The largest absolute Gasteiger partial charge is 0.473 e. The Morgan fingerprint density at radius 2 is 1.95 bits per heavy atom. The molecule has 6 nitrogen and oxygen atoms in total. The van der Waals surface area contributed by atoms with Gasteiger partial charge in [0.05, 0.1) is 17.4 Å². The summed E-state index contributed by atoms with van der Waals surface area (Å²) in [7, 11) is 1.73. The fourth-order valence-corrected chi connectivity index (χ4v) is 2.57. The van der Waals surface area contributed by atoms with Crippen molar-refractivity contribution in [2.45, 2.75) is 51.7 Å². The van der Waals surface area contributed by atoms with E-state index in [9.17, 15) is 0 Å². The minimum atomic E-state index is -0.0328. The van der Waals surface area contributed by atoms with Crippen LogP contribution in [0.3, 0.4) is 0 Å². The van der Waals surface area contributed by atoms with Crippen LogP contribution >= 0.6 is 0 Å². The number of amidine groups is 1. The van der Waals surface area contributed by atoms with Crippen molar-refractivity contribution in [1.29, 1.82) is 5.41 Å². The van der Waals surface area contributed by atoms with Gasteiger partial charge in [-0.15, -0.1) is 5.10 Å². The standard InChI is InChI=1S/C14H22N4O2/c1-8-9(2)17-18-14(12(8)13(15)16)20-11-6-4-5-10(7-11)19-3/h10-11H,4-7H2,1-3H3,(H3,15,16). The molecular weight excluding hydrogens is 256 g/mol. The maximum absolute atomic E-state index is 7.71. The van der Waals surface area contributed by atoms with E-state index in [0.29, 0.717) is 11.4 Å². The van der Waals surface area contributed by atoms with Crippen molar-refractivity contribution in [1.82, 2.24) is 10.2 Å². The summed E-state index contributed by atoms with van der Waals surface area (Å²) in [5, 5.41) is 15.9. The average Bonchev–Trinajstić information content (AvgIpc) is 2.43. The van der Waals surface area contributed by atoms with E-state index in [-0.39, 0.29) is 18.0 Å². The topological polar surface area (TPSA) is 94.1 Å². The van der Waals surface area contributed by atoms with Gasteiger partial charge in [0.15, 0.2) is 0 Å². The Hall–Kier alpha value is -1.69. The molecule has 2 unspecified atom stereocenters. The van der Waals surface area contributed by atoms with Crippen molar-refractivity contribution in [2.75, 3.05) is 7.11 Å². The van der Waals surface area contributed by atoms with Crippen molar-refractivity contribution in [3.63, 3.8) is 0 Å². The van der Waals surface area contributed by atoms with E-state index >= 15 is 0 Å². The average molecular weight is 278 g/mol. The van der Waals surface area contributed by atoms with Crippen molar-refractivity contribution in [3.05, 3.63) is 16.8 Å². The molecule has 0 bridgehead atoms. The number of nitrogen functional groups attached to an aromatic ring is 1. The van der Waals surface area contributed by atoms with E-state index in [0.717, 1.165) is 36.9 Å². The quantitative estimate of drug-likeness (QED) is 0.646. The molecule has 1 saturated carbocycles. The first-order chi connectivity index (χ1) is 9.52. The number of aryl methyl sites for hydroxylation is 1. The number of rotatable bonds is 4. The van der Waals surface area contributed by atoms with E-state index in [4.69, 9.17) is 20.6 Å². The third-order valence-corrected chi connectivity index (χ3v) is 3.88. The zero-order valence-corrected chi connectivity index (χ0v) is 12.3. The predicted molar refractivity (Wildman–Crippen MR) is 76.2 cm³/mol. The Labute approximate surface area is 119 Å². The molecule has 0 aliphatic heterocycles. The van der Waals surface area contributed by atoms with Crippen molar-refractivity contribution in [3.8, 4) is 5.88 Å². The number of nitrogens with one attached hydrogen (secondary N) is 1. The van der Waals surface area contributed by atoms with Crippen LogP contribution in [-0.4, -0.2) is 35.4 Å². The number of nitrogens with zero attached hydrogens (tertiary/aromatic N) is 2. The molecule has 0 radical (unpaired) electrons. The molecule has 2 rings (SSSR count). The van der Waals surface area contributed by atoms with E-state index in [1.807, 2.05) is 13.8 Å². The summed E-state index contributed by atoms with van der Waals surface area (Å²) in [6, 6.07) is 0. The van der Waals surface area contributed by atoms with E-state index < -0.39 is 0 Å². The number of hydrogen-bond acceptors (Lipinski definition) is 5. The van der Waals surface area contributed by atoms with E-state index in [1.54, 1.807) is 7.11 Å². The van der Waals surface area contributed by atoms with Gasteiger partial charge < -0.3 is 15.2 Å². The van der Waals surface area contributed by atoms with Gasteiger partial charge in [-0.1, -0.05) is 0 Å². The molecule has 1 aliphatic carbocycles. The predicted octanol–water partition coefficient (Wildman–Crippen LogP) is 1.71. The monoisotopic (exact) mass is 278 g/mol. The van der Waals surface area contributed by atoms with Crippen LogP contribution in [0.2, 0.25) is 0 Å². The van der Waals surface area contributed by atoms with E-state index in [1.165, 1.54) is 0 Å². The fraction of sp³-hybridized carbons (Fsp3) is 0.643. The van der Waals surface area contributed by atoms with Gasteiger partial charge in [-0.05, 0) is 38.7 Å². The molecule has 3 N–H and O–H groups in total. The summed E-state index contributed by atoms with van der Waals surface area (Å²) in [4.78, 5) is 0. The van der Waals surface area contributed by atoms with E-state index in [2.05, 4.69) is 10.2 Å². The molecule has 20 heavy (non-hydrogen) atoms. The number of aromatic nitrogens is 2. The van der Waals surface area contributed by atoms with Crippen LogP contribution in [-0.2, 0) is 4.74 Å². The summed E-state index contributed by atoms with van der Waals surface area (Å²) in [6.45, 7) is 3.73. The number of hydrogen-bond donors (Lipinski definition) is 2. The first-order valence-electron chi connectivity index (χ1n) is 6.90. The molecule has 2 atom stereocenters. The van der Waals surface area contributed by atoms with Crippen LogP contribution in [0.5, 0.6) is 5.88 Å². The maximum Gasteiger partial charge on any atom is 0.245 e. The maximum atomic E-state index is 7.71. The summed E-state index contributed by atoms with van der Waals surface area (Å²) in [6.07, 6.45) is 4.21. The van der Waals surface area contributed by atoms with Crippen LogP contribution in [0, 0.1) is 19.3 Å². The number of methoxy groups -OCH3 is 1. The Morgan fingerprint density at radius 1 is 1.25 bits per heavy atom. The van der Waals surface area contributed by atoms with Crippen LogP contribution < -0.4 is 10.5 Å². The third-order valence-electron chi connectivity index (χ3n) is 3.88. The minimum absolute atomic E-state index is 0.0328. The summed E-state index contributed by atoms with van der Waals surface area (Å²) >= 11 is 0. The summed E-state index contributed by atoms with van der Waals surface area (Å²) in [5.41, 5.74) is 7.82. The molecule has 1 aromatic rings. The summed E-state index contributed by atoms with van der Waals surface area (Å²) in [5.74, 6) is 0.331. The Morgan fingerprint density at radius 3 is 2.60 bits per heavy atom. The van der Waals surface area contributed by atoms with Gasteiger partial charge >= 0.3 is 0 Å². The highest BCUT2D eigenvalue weighted by Gasteiger charge is 2.25. The third kappa shape index (κ3) is 3.07.